The molecule has 0 aliphatic heterocycles. The molecule has 0 aromatic heterocycles. The van der Waals surface area contributed by atoms with Crippen LogP contribution in [0.5, 0.6) is 0 Å². The van der Waals surface area contributed by atoms with E-state index in [2.05, 4.69) is 6.92 Å². The third kappa shape index (κ3) is 8.07. The van der Waals surface area contributed by atoms with Crippen LogP contribution in [0.3, 0.4) is 0 Å². The van der Waals surface area contributed by atoms with Gasteiger partial charge in [-0.25, -0.2) is 8.42 Å². The fourth-order valence-corrected chi connectivity index (χ4v) is 3.14. The van der Waals surface area contributed by atoms with Crippen molar-refractivity contribution in [1.29, 1.82) is 0 Å². The molecule has 0 aromatic rings. The molecule has 18 heavy (non-hydrogen) atoms. The maximum atomic E-state index is 10.9. The summed E-state index contributed by atoms with van der Waals surface area (Å²) in [5, 5.41) is 0. The second-order valence-corrected chi connectivity index (χ2v) is 6.64. The minimum Gasteiger partial charge on any atom is -0.748 e. The van der Waals surface area contributed by atoms with Crippen LogP contribution in [-0.4, -0.2) is 40.7 Å². The average molecular weight is 303 g/mol. The van der Waals surface area contributed by atoms with Crippen molar-refractivity contribution in [2.24, 2.45) is 0 Å². The molecule has 0 aliphatic carbocycles. The van der Waals surface area contributed by atoms with E-state index in [9.17, 15) is 13.0 Å². The van der Waals surface area contributed by atoms with Crippen LogP contribution in [-0.2, 0) is 10.1 Å². The van der Waals surface area contributed by atoms with Crippen molar-refractivity contribution in [1.82, 2.24) is 4.90 Å². The Morgan fingerprint density at radius 3 is 2.17 bits per heavy atom. The van der Waals surface area contributed by atoms with Crippen LogP contribution in [0.2, 0.25) is 0 Å². The molecule has 0 amide bonds. The van der Waals surface area contributed by atoms with E-state index in [1.807, 2.05) is 11.8 Å². The van der Waals surface area contributed by atoms with Gasteiger partial charge in [0.05, 0.1) is 20.9 Å². The Hall–Kier alpha value is 0.800. The summed E-state index contributed by atoms with van der Waals surface area (Å²) in [6, 6.07) is 0. The van der Waals surface area contributed by atoms with E-state index in [1.165, 1.54) is 0 Å². The normalized spacial score (nSPS) is 11.8. The van der Waals surface area contributed by atoms with Crippen molar-refractivity contribution in [3.8, 4) is 0 Å². The smallest absolute Gasteiger partial charge is 0.748 e. The molecule has 7 heteroatoms. The average Bonchev–Trinajstić information content (AvgIpc) is 2.13. The van der Waals surface area contributed by atoms with Gasteiger partial charge in [-0.1, -0.05) is 32.5 Å². The summed E-state index contributed by atoms with van der Waals surface area (Å²) >= 11 is 5.26. The summed E-state index contributed by atoms with van der Waals surface area (Å²) in [6.07, 6.45) is 2.62. The third-order valence-electron chi connectivity index (χ3n) is 2.60. The third-order valence-corrected chi connectivity index (χ3v) is 4.17. The molecule has 102 valence electrons. The minimum absolute atomic E-state index is 0. The molecule has 0 aromatic carbocycles. The van der Waals surface area contributed by atoms with Crippen LogP contribution < -0.4 is 29.6 Å². The van der Waals surface area contributed by atoms with Crippen LogP contribution in [0.25, 0.3) is 0 Å². The number of unbranched alkanes of at least 4 members (excludes halogenated alkanes) is 1. The zero-order chi connectivity index (χ0) is 13.7. The SMILES string of the molecule is CCCCN(C(=S)CC)C(C)(C)CS(=O)(=O)[O-].[Na+]. The van der Waals surface area contributed by atoms with E-state index >= 15 is 0 Å². The van der Waals surface area contributed by atoms with Crippen molar-refractivity contribution in [2.45, 2.75) is 52.5 Å². The van der Waals surface area contributed by atoms with E-state index in [4.69, 9.17) is 12.2 Å². The molecule has 0 spiro atoms. The van der Waals surface area contributed by atoms with E-state index in [1.54, 1.807) is 13.8 Å². The second kappa shape index (κ2) is 8.87. The largest absolute Gasteiger partial charge is 1.00 e. The first-order chi connectivity index (χ1) is 7.64. The second-order valence-electron chi connectivity index (χ2n) is 4.77. The predicted octanol–water partition coefficient (Wildman–Crippen LogP) is -0.846. The Morgan fingerprint density at radius 2 is 1.83 bits per heavy atom. The first-order valence-corrected chi connectivity index (χ1v) is 7.86. The van der Waals surface area contributed by atoms with E-state index in [-0.39, 0.29) is 29.6 Å². The van der Waals surface area contributed by atoms with E-state index < -0.39 is 21.4 Å². The Balaban J connectivity index is 0. The Morgan fingerprint density at radius 1 is 1.33 bits per heavy atom. The Labute approximate surface area is 139 Å². The number of nitrogens with zero attached hydrogens (tertiary/aromatic N) is 1. The first-order valence-electron chi connectivity index (χ1n) is 5.88. The Kier molecular flexibility index (Phi) is 10.4. The van der Waals surface area contributed by atoms with Gasteiger partial charge in [0.25, 0.3) is 0 Å². The van der Waals surface area contributed by atoms with Gasteiger partial charge in [0.15, 0.2) is 0 Å². The van der Waals surface area contributed by atoms with Crippen LogP contribution in [0.15, 0.2) is 0 Å². The predicted molar refractivity (Wildman–Crippen MR) is 73.1 cm³/mol. The van der Waals surface area contributed by atoms with Gasteiger partial charge in [-0.3, -0.25) is 0 Å². The fraction of sp³-hybridized carbons (Fsp3) is 0.909. The number of rotatable bonds is 7. The maximum absolute atomic E-state index is 10.9. The molecule has 0 unspecified atom stereocenters. The van der Waals surface area contributed by atoms with Gasteiger partial charge in [0.2, 0.25) is 0 Å². The fourth-order valence-electron chi connectivity index (χ4n) is 1.78. The van der Waals surface area contributed by atoms with Gasteiger partial charge in [-0.05, 0) is 26.7 Å². The molecule has 0 saturated heterocycles. The summed E-state index contributed by atoms with van der Waals surface area (Å²) in [5.41, 5.74) is -0.733. The van der Waals surface area contributed by atoms with E-state index in [0.29, 0.717) is 18.0 Å². The topological polar surface area (TPSA) is 60.4 Å². The zero-order valence-corrected chi connectivity index (χ0v) is 15.7. The van der Waals surface area contributed by atoms with Crippen LogP contribution in [0, 0.1) is 0 Å². The van der Waals surface area contributed by atoms with Gasteiger partial charge >= 0.3 is 29.6 Å². The first kappa shape index (κ1) is 21.1. The van der Waals surface area contributed by atoms with Crippen LogP contribution in [0.4, 0.5) is 0 Å². The summed E-state index contributed by atoms with van der Waals surface area (Å²) in [6.45, 7) is 8.19. The summed E-state index contributed by atoms with van der Waals surface area (Å²) < 4.78 is 32.7. The van der Waals surface area contributed by atoms with Gasteiger partial charge in [0.1, 0.15) is 0 Å². The number of hydrogen-bond donors (Lipinski definition) is 0. The van der Waals surface area contributed by atoms with Crippen LogP contribution in [0.1, 0.15) is 47.0 Å². The van der Waals surface area contributed by atoms with Gasteiger partial charge in [-0.15, -0.1) is 0 Å². The van der Waals surface area contributed by atoms with Crippen LogP contribution >= 0.6 is 12.2 Å². The minimum atomic E-state index is -4.24. The van der Waals surface area contributed by atoms with Crippen molar-refractivity contribution >= 4 is 27.3 Å². The molecule has 0 rings (SSSR count). The van der Waals surface area contributed by atoms with E-state index in [0.717, 1.165) is 12.8 Å². The molecule has 0 saturated carbocycles. The van der Waals surface area contributed by atoms with Crippen molar-refractivity contribution in [2.75, 3.05) is 12.3 Å². The summed E-state index contributed by atoms with van der Waals surface area (Å²) in [5.74, 6) is -0.413. The number of hydrogen-bond acceptors (Lipinski definition) is 4. The molecule has 0 atom stereocenters. The molecule has 0 N–H and O–H groups in total. The molecule has 0 bridgehead atoms. The summed E-state index contributed by atoms with van der Waals surface area (Å²) in [7, 11) is -4.24. The summed E-state index contributed by atoms with van der Waals surface area (Å²) in [4.78, 5) is 2.59. The van der Waals surface area contributed by atoms with Gasteiger partial charge in [-0.2, -0.15) is 0 Å². The van der Waals surface area contributed by atoms with Gasteiger partial charge in [0, 0.05) is 12.1 Å². The molecular weight excluding hydrogens is 281 g/mol. The van der Waals surface area contributed by atoms with Gasteiger partial charge < -0.3 is 9.45 Å². The molecule has 0 radical (unpaired) electrons. The standard InChI is InChI=1S/C11H23NO3S2.Na/c1-5-7-8-12(10(16)6-2)11(3,4)9-17(13,14)15;/h5-9H2,1-4H3,(H,13,14,15);/q;+1/p-1. The molecule has 0 aliphatic rings. The quantitative estimate of drug-likeness (QED) is 0.348. The van der Waals surface area contributed by atoms with Crippen molar-refractivity contribution in [3.05, 3.63) is 0 Å². The molecular formula is C11H22NNaO3S2. The van der Waals surface area contributed by atoms with Crippen molar-refractivity contribution < 1.29 is 42.5 Å². The monoisotopic (exact) mass is 303 g/mol. The molecule has 0 fully saturated rings. The van der Waals surface area contributed by atoms with Crippen molar-refractivity contribution in [3.63, 3.8) is 0 Å². The number of thiocarbonyl (C=S) groups is 1. The maximum Gasteiger partial charge on any atom is 1.00 e. The zero-order valence-electron chi connectivity index (χ0n) is 12.0. The molecule has 4 nitrogen and oxygen atoms in total. The molecule has 0 heterocycles. The Bertz CT molecular complexity index is 355.